The van der Waals surface area contributed by atoms with Gasteiger partial charge in [0.1, 0.15) is 11.6 Å². The standard InChI is InChI=1S/C25H31N5O2/c1-28-21-9-5-3-7-19(21)26-23(28)17-29-14-11-25(18-29)12-15-30(16-13-25)24(31)27-20-8-4-6-10-22(20)32-2/h3-10H,11-18H2,1-2H3,(H,27,31). The number of nitrogens with zero attached hydrogens (tertiary/aromatic N) is 4. The molecule has 2 aliphatic rings. The van der Waals surface area contributed by atoms with E-state index in [1.54, 1.807) is 7.11 Å². The maximum Gasteiger partial charge on any atom is 0.321 e. The Bertz CT molecular complexity index is 1120. The summed E-state index contributed by atoms with van der Waals surface area (Å²) in [5.74, 6) is 1.81. The molecule has 0 radical (unpaired) electrons. The Kier molecular flexibility index (Phi) is 5.51. The Morgan fingerprint density at radius 3 is 2.56 bits per heavy atom. The van der Waals surface area contributed by atoms with Crippen LogP contribution in [0.1, 0.15) is 25.1 Å². The van der Waals surface area contributed by atoms with Crippen molar-refractivity contribution in [3.8, 4) is 5.75 Å². The Hall–Kier alpha value is -3.06. The first-order chi connectivity index (χ1) is 15.6. The molecule has 1 N–H and O–H groups in total. The summed E-state index contributed by atoms with van der Waals surface area (Å²) in [7, 11) is 3.73. The number of carbonyl (C=O) groups is 1. The van der Waals surface area contributed by atoms with Crippen molar-refractivity contribution in [2.45, 2.75) is 25.8 Å². The average Bonchev–Trinajstić information content (AvgIpc) is 3.35. The number of carbonyl (C=O) groups excluding carboxylic acids is 1. The number of para-hydroxylation sites is 4. The molecule has 1 spiro atoms. The van der Waals surface area contributed by atoms with Crippen LogP contribution in [-0.4, -0.2) is 58.7 Å². The lowest BCUT2D eigenvalue weighted by Crippen LogP contribution is -2.45. The smallest absolute Gasteiger partial charge is 0.321 e. The van der Waals surface area contributed by atoms with Crippen LogP contribution in [0.5, 0.6) is 5.75 Å². The van der Waals surface area contributed by atoms with Gasteiger partial charge < -0.3 is 19.5 Å². The molecule has 2 saturated heterocycles. The number of aryl methyl sites for hydroxylation is 1. The number of amides is 2. The fourth-order valence-corrected chi connectivity index (χ4v) is 5.23. The summed E-state index contributed by atoms with van der Waals surface area (Å²) in [6, 6.07) is 15.8. The number of ether oxygens (including phenoxy) is 1. The normalized spacial score (nSPS) is 18.4. The molecule has 7 nitrogen and oxygen atoms in total. The van der Waals surface area contributed by atoms with Gasteiger partial charge in [-0.05, 0) is 55.5 Å². The third-order valence-electron chi connectivity index (χ3n) is 7.22. The lowest BCUT2D eigenvalue weighted by molar-refractivity contribution is 0.124. The first-order valence-electron chi connectivity index (χ1n) is 11.4. The second-order valence-electron chi connectivity index (χ2n) is 9.15. The molecule has 5 rings (SSSR count). The van der Waals surface area contributed by atoms with E-state index in [1.807, 2.05) is 35.2 Å². The molecule has 0 unspecified atom stereocenters. The van der Waals surface area contributed by atoms with Gasteiger partial charge in [-0.3, -0.25) is 4.90 Å². The van der Waals surface area contributed by atoms with Crippen LogP contribution in [-0.2, 0) is 13.6 Å². The van der Waals surface area contributed by atoms with Crippen molar-refractivity contribution in [2.75, 3.05) is 38.6 Å². The van der Waals surface area contributed by atoms with Gasteiger partial charge in [-0.1, -0.05) is 24.3 Å². The molecule has 3 aromatic rings. The minimum absolute atomic E-state index is 0.0427. The van der Waals surface area contributed by atoms with Crippen molar-refractivity contribution in [1.82, 2.24) is 19.4 Å². The molecular weight excluding hydrogens is 402 g/mol. The van der Waals surface area contributed by atoms with Gasteiger partial charge in [0.05, 0.1) is 30.4 Å². The zero-order chi connectivity index (χ0) is 22.1. The van der Waals surface area contributed by atoms with E-state index >= 15 is 0 Å². The number of imidazole rings is 1. The molecule has 2 amide bonds. The molecule has 1 aromatic heterocycles. The van der Waals surface area contributed by atoms with Gasteiger partial charge in [-0.15, -0.1) is 0 Å². The highest BCUT2D eigenvalue weighted by Crippen LogP contribution is 2.41. The Balaban J connectivity index is 1.18. The van der Waals surface area contributed by atoms with Gasteiger partial charge in [0, 0.05) is 26.7 Å². The molecule has 32 heavy (non-hydrogen) atoms. The van der Waals surface area contributed by atoms with E-state index in [-0.39, 0.29) is 6.03 Å². The van der Waals surface area contributed by atoms with Crippen molar-refractivity contribution in [3.63, 3.8) is 0 Å². The van der Waals surface area contributed by atoms with Gasteiger partial charge in [-0.2, -0.15) is 0 Å². The molecule has 0 bridgehead atoms. The van der Waals surface area contributed by atoms with Crippen LogP contribution in [0.15, 0.2) is 48.5 Å². The quantitative estimate of drug-likeness (QED) is 0.673. The molecular formula is C25H31N5O2. The highest BCUT2D eigenvalue weighted by atomic mass is 16.5. The largest absolute Gasteiger partial charge is 0.495 e. The summed E-state index contributed by atoms with van der Waals surface area (Å²) in [6.45, 7) is 4.64. The van der Waals surface area contributed by atoms with Crippen LogP contribution >= 0.6 is 0 Å². The van der Waals surface area contributed by atoms with Crippen LogP contribution < -0.4 is 10.1 Å². The molecule has 0 atom stereocenters. The predicted octanol–water partition coefficient (Wildman–Crippen LogP) is 4.10. The number of piperidine rings is 1. The molecule has 3 heterocycles. The molecule has 0 aliphatic carbocycles. The molecule has 2 aromatic carbocycles. The molecule has 168 valence electrons. The van der Waals surface area contributed by atoms with Crippen LogP contribution in [0, 0.1) is 5.41 Å². The van der Waals surface area contributed by atoms with Gasteiger partial charge in [0.15, 0.2) is 0 Å². The van der Waals surface area contributed by atoms with Crippen molar-refractivity contribution in [3.05, 3.63) is 54.4 Å². The summed E-state index contributed by atoms with van der Waals surface area (Å²) >= 11 is 0. The number of urea groups is 1. The van der Waals surface area contributed by atoms with Crippen LogP contribution in [0.3, 0.4) is 0 Å². The van der Waals surface area contributed by atoms with Crippen LogP contribution in [0.25, 0.3) is 11.0 Å². The number of likely N-dealkylation sites (tertiary alicyclic amines) is 2. The van der Waals surface area contributed by atoms with E-state index in [0.717, 1.165) is 62.6 Å². The van der Waals surface area contributed by atoms with E-state index in [0.29, 0.717) is 11.2 Å². The third kappa shape index (κ3) is 3.93. The number of aromatic nitrogens is 2. The minimum Gasteiger partial charge on any atom is -0.495 e. The van der Waals surface area contributed by atoms with E-state index in [4.69, 9.17) is 9.72 Å². The predicted molar refractivity (Wildman–Crippen MR) is 126 cm³/mol. The van der Waals surface area contributed by atoms with Crippen molar-refractivity contribution >= 4 is 22.8 Å². The second kappa shape index (κ2) is 8.47. The van der Waals surface area contributed by atoms with Crippen molar-refractivity contribution < 1.29 is 9.53 Å². The molecule has 7 heteroatoms. The Morgan fingerprint density at radius 2 is 1.78 bits per heavy atom. The van der Waals surface area contributed by atoms with E-state index in [2.05, 4.69) is 40.0 Å². The summed E-state index contributed by atoms with van der Waals surface area (Å²) in [4.78, 5) is 22.1. The third-order valence-corrected chi connectivity index (χ3v) is 7.22. The fourth-order valence-electron chi connectivity index (χ4n) is 5.23. The highest BCUT2D eigenvalue weighted by Gasteiger charge is 2.41. The number of fused-ring (bicyclic) bond motifs is 1. The zero-order valence-corrected chi connectivity index (χ0v) is 18.9. The first-order valence-corrected chi connectivity index (χ1v) is 11.4. The number of anilines is 1. The summed E-state index contributed by atoms with van der Waals surface area (Å²) in [5, 5.41) is 3.01. The minimum atomic E-state index is -0.0427. The number of nitrogens with one attached hydrogen (secondary N) is 1. The number of rotatable bonds is 4. The van der Waals surface area contributed by atoms with Gasteiger partial charge in [-0.25, -0.2) is 9.78 Å². The second-order valence-corrected chi connectivity index (χ2v) is 9.15. The Labute approximate surface area is 189 Å². The van der Waals surface area contributed by atoms with Crippen molar-refractivity contribution in [1.29, 1.82) is 0 Å². The Morgan fingerprint density at radius 1 is 1.06 bits per heavy atom. The summed E-state index contributed by atoms with van der Waals surface area (Å²) in [6.07, 6.45) is 3.29. The number of benzene rings is 2. The average molecular weight is 434 g/mol. The van der Waals surface area contributed by atoms with Gasteiger partial charge >= 0.3 is 6.03 Å². The van der Waals surface area contributed by atoms with Gasteiger partial charge in [0.25, 0.3) is 0 Å². The number of methoxy groups -OCH3 is 1. The fraction of sp³-hybridized carbons (Fsp3) is 0.440. The zero-order valence-electron chi connectivity index (χ0n) is 18.9. The van der Waals surface area contributed by atoms with E-state index < -0.39 is 0 Å². The van der Waals surface area contributed by atoms with Gasteiger partial charge in [0.2, 0.25) is 0 Å². The number of hydrogen-bond acceptors (Lipinski definition) is 4. The van der Waals surface area contributed by atoms with Crippen LogP contribution in [0.2, 0.25) is 0 Å². The van der Waals surface area contributed by atoms with E-state index in [9.17, 15) is 4.79 Å². The monoisotopic (exact) mass is 433 g/mol. The van der Waals surface area contributed by atoms with Crippen LogP contribution in [0.4, 0.5) is 10.5 Å². The molecule has 2 aliphatic heterocycles. The molecule has 2 fully saturated rings. The van der Waals surface area contributed by atoms with E-state index in [1.165, 1.54) is 11.9 Å². The topological polar surface area (TPSA) is 62.6 Å². The maximum atomic E-state index is 12.8. The lowest BCUT2D eigenvalue weighted by Gasteiger charge is -2.39. The SMILES string of the molecule is COc1ccccc1NC(=O)N1CCC2(CCN(Cc3nc4ccccc4n3C)C2)CC1. The number of hydrogen-bond donors (Lipinski definition) is 1. The summed E-state index contributed by atoms with van der Waals surface area (Å²) in [5.41, 5.74) is 3.28. The lowest BCUT2D eigenvalue weighted by atomic mass is 9.78. The molecule has 0 saturated carbocycles. The highest BCUT2D eigenvalue weighted by molar-refractivity contribution is 5.91. The van der Waals surface area contributed by atoms with Crippen molar-refractivity contribution in [2.24, 2.45) is 12.5 Å². The first kappa shape index (κ1) is 20.8. The maximum absolute atomic E-state index is 12.8. The summed E-state index contributed by atoms with van der Waals surface area (Å²) < 4.78 is 7.57.